The van der Waals surface area contributed by atoms with Crippen LogP contribution in [0.25, 0.3) is 5.69 Å². The minimum atomic E-state index is -0.619. The summed E-state index contributed by atoms with van der Waals surface area (Å²) in [4.78, 5) is 0. The van der Waals surface area contributed by atoms with Crippen molar-refractivity contribution in [3.8, 4) is 5.69 Å². The molecule has 0 aliphatic heterocycles. The molecule has 1 aromatic carbocycles. The molecule has 0 fully saturated rings. The molecule has 0 aliphatic carbocycles. The van der Waals surface area contributed by atoms with E-state index >= 15 is 0 Å². The molecule has 14 heavy (non-hydrogen) atoms. The zero-order valence-electron chi connectivity index (χ0n) is 6.92. The van der Waals surface area contributed by atoms with Crippen LogP contribution in [0.3, 0.4) is 0 Å². The van der Waals surface area contributed by atoms with Crippen LogP contribution in [-0.4, -0.2) is 9.78 Å². The van der Waals surface area contributed by atoms with Crippen molar-refractivity contribution in [3.63, 3.8) is 0 Å². The summed E-state index contributed by atoms with van der Waals surface area (Å²) >= 11 is 3.20. The van der Waals surface area contributed by atoms with E-state index in [0.29, 0.717) is 5.69 Å². The standard InChI is InChI=1S/C9H5BrF2N2/c10-6-4-13-14(5-6)9-2-7(11)1-8(12)3-9/h1-5H. The third-order valence-corrected chi connectivity index (χ3v) is 2.07. The molecule has 0 spiro atoms. The van der Waals surface area contributed by atoms with Gasteiger partial charge in [-0.1, -0.05) is 0 Å². The van der Waals surface area contributed by atoms with E-state index in [1.54, 1.807) is 12.4 Å². The maximum Gasteiger partial charge on any atom is 0.128 e. The molecule has 0 N–H and O–H groups in total. The SMILES string of the molecule is Fc1cc(F)cc(-n2cc(Br)cn2)c1. The molecule has 5 heteroatoms. The second kappa shape index (κ2) is 3.49. The van der Waals surface area contributed by atoms with Gasteiger partial charge in [-0.15, -0.1) is 0 Å². The van der Waals surface area contributed by atoms with Gasteiger partial charge in [0.1, 0.15) is 11.6 Å². The smallest absolute Gasteiger partial charge is 0.128 e. The fraction of sp³-hybridized carbons (Fsp3) is 0. The Hall–Kier alpha value is -1.23. The van der Waals surface area contributed by atoms with E-state index in [1.807, 2.05) is 0 Å². The number of hydrogen-bond acceptors (Lipinski definition) is 1. The Morgan fingerprint density at radius 3 is 2.29 bits per heavy atom. The van der Waals surface area contributed by atoms with Crippen molar-refractivity contribution >= 4 is 15.9 Å². The van der Waals surface area contributed by atoms with Gasteiger partial charge in [0.05, 0.1) is 16.4 Å². The van der Waals surface area contributed by atoms with Crippen LogP contribution < -0.4 is 0 Å². The Labute approximate surface area is 87.3 Å². The predicted molar refractivity (Wildman–Crippen MR) is 51.2 cm³/mol. The molecule has 0 unspecified atom stereocenters. The number of rotatable bonds is 1. The van der Waals surface area contributed by atoms with Crippen LogP contribution >= 0.6 is 15.9 Å². The van der Waals surface area contributed by atoms with Gasteiger partial charge in [0, 0.05) is 12.3 Å². The molecule has 72 valence electrons. The van der Waals surface area contributed by atoms with Crippen molar-refractivity contribution in [2.24, 2.45) is 0 Å². The number of halogens is 3. The van der Waals surface area contributed by atoms with E-state index < -0.39 is 11.6 Å². The van der Waals surface area contributed by atoms with Gasteiger partial charge in [0.15, 0.2) is 0 Å². The molecular weight excluding hydrogens is 254 g/mol. The minimum absolute atomic E-state index is 0.355. The molecule has 0 atom stereocenters. The average molecular weight is 259 g/mol. The highest BCUT2D eigenvalue weighted by atomic mass is 79.9. The first-order valence-corrected chi connectivity index (χ1v) is 4.61. The fourth-order valence-corrected chi connectivity index (χ4v) is 1.40. The Morgan fingerprint density at radius 1 is 1.14 bits per heavy atom. The van der Waals surface area contributed by atoms with E-state index in [-0.39, 0.29) is 0 Å². The first-order valence-electron chi connectivity index (χ1n) is 3.82. The summed E-state index contributed by atoms with van der Waals surface area (Å²) in [5.41, 5.74) is 0.355. The molecule has 0 saturated carbocycles. The lowest BCUT2D eigenvalue weighted by molar-refractivity contribution is 0.580. The fourth-order valence-electron chi connectivity index (χ4n) is 1.11. The molecule has 0 amide bonds. The van der Waals surface area contributed by atoms with E-state index in [2.05, 4.69) is 21.0 Å². The molecule has 0 radical (unpaired) electrons. The van der Waals surface area contributed by atoms with Crippen LogP contribution in [0.1, 0.15) is 0 Å². The number of aromatic nitrogens is 2. The summed E-state index contributed by atoms with van der Waals surface area (Å²) in [6.07, 6.45) is 3.16. The van der Waals surface area contributed by atoms with Gasteiger partial charge in [-0.2, -0.15) is 5.10 Å². The maximum atomic E-state index is 12.8. The average Bonchev–Trinajstić information content (AvgIpc) is 2.50. The van der Waals surface area contributed by atoms with E-state index in [1.165, 1.54) is 16.8 Å². The van der Waals surface area contributed by atoms with Gasteiger partial charge in [-0.3, -0.25) is 0 Å². The third kappa shape index (κ3) is 1.82. The number of benzene rings is 1. The largest absolute Gasteiger partial charge is 0.240 e. The van der Waals surface area contributed by atoms with Crippen LogP contribution in [-0.2, 0) is 0 Å². The second-order valence-electron chi connectivity index (χ2n) is 2.73. The lowest BCUT2D eigenvalue weighted by Crippen LogP contribution is -1.95. The summed E-state index contributed by atoms with van der Waals surface area (Å²) in [5, 5.41) is 3.90. The predicted octanol–water partition coefficient (Wildman–Crippen LogP) is 2.91. The number of nitrogens with zero attached hydrogens (tertiary/aromatic N) is 2. The quantitative estimate of drug-likeness (QED) is 0.769. The molecule has 1 heterocycles. The number of hydrogen-bond donors (Lipinski definition) is 0. The highest BCUT2D eigenvalue weighted by molar-refractivity contribution is 9.10. The molecule has 2 aromatic rings. The van der Waals surface area contributed by atoms with Crippen LogP contribution in [0.15, 0.2) is 35.1 Å². The van der Waals surface area contributed by atoms with Crippen LogP contribution in [0, 0.1) is 11.6 Å². The van der Waals surface area contributed by atoms with E-state index in [4.69, 9.17) is 0 Å². The normalized spacial score (nSPS) is 10.5. The molecule has 0 bridgehead atoms. The van der Waals surface area contributed by atoms with Crippen molar-refractivity contribution in [2.75, 3.05) is 0 Å². The Morgan fingerprint density at radius 2 is 1.79 bits per heavy atom. The minimum Gasteiger partial charge on any atom is -0.240 e. The van der Waals surface area contributed by atoms with Crippen molar-refractivity contribution in [2.45, 2.75) is 0 Å². The zero-order valence-corrected chi connectivity index (χ0v) is 8.50. The maximum absolute atomic E-state index is 12.8. The second-order valence-corrected chi connectivity index (χ2v) is 3.65. The zero-order chi connectivity index (χ0) is 10.1. The van der Waals surface area contributed by atoms with Gasteiger partial charge < -0.3 is 0 Å². The lowest BCUT2D eigenvalue weighted by atomic mass is 10.3. The summed E-state index contributed by atoms with van der Waals surface area (Å²) in [7, 11) is 0. The summed E-state index contributed by atoms with van der Waals surface area (Å²) < 4.78 is 27.8. The van der Waals surface area contributed by atoms with E-state index in [0.717, 1.165) is 10.5 Å². The molecule has 2 rings (SSSR count). The van der Waals surface area contributed by atoms with Gasteiger partial charge in [-0.05, 0) is 28.1 Å². The van der Waals surface area contributed by atoms with Gasteiger partial charge in [-0.25, -0.2) is 13.5 Å². The lowest BCUT2D eigenvalue weighted by Gasteiger charge is -2.00. The van der Waals surface area contributed by atoms with Crippen LogP contribution in [0.4, 0.5) is 8.78 Å². The van der Waals surface area contributed by atoms with Crippen molar-refractivity contribution in [1.29, 1.82) is 0 Å². The topological polar surface area (TPSA) is 17.8 Å². The summed E-state index contributed by atoms with van der Waals surface area (Å²) in [6, 6.07) is 3.24. The van der Waals surface area contributed by atoms with Crippen molar-refractivity contribution in [3.05, 3.63) is 46.7 Å². The summed E-state index contributed by atoms with van der Waals surface area (Å²) in [6.45, 7) is 0. The third-order valence-electron chi connectivity index (χ3n) is 1.66. The first kappa shape index (κ1) is 9.33. The Bertz CT molecular complexity index is 447. The molecule has 0 saturated heterocycles. The monoisotopic (exact) mass is 258 g/mol. The highest BCUT2D eigenvalue weighted by Gasteiger charge is 2.03. The van der Waals surface area contributed by atoms with Crippen LogP contribution in [0.5, 0.6) is 0 Å². The van der Waals surface area contributed by atoms with E-state index in [9.17, 15) is 8.78 Å². The van der Waals surface area contributed by atoms with Gasteiger partial charge in [0.2, 0.25) is 0 Å². The van der Waals surface area contributed by atoms with Crippen molar-refractivity contribution in [1.82, 2.24) is 9.78 Å². The van der Waals surface area contributed by atoms with Gasteiger partial charge in [0.25, 0.3) is 0 Å². The van der Waals surface area contributed by atoms with Crippen LogP contribution in [0.2, 0.25) is 0 Å². The van der Waals surface area contributed by atoms with Gasteiger partial charge >= 0.3 is 0 Å². The molecule has 1 aromatic heterocycles. The van der Waals surface area contributed by atoms with Crippen molar-refractivity contribution < 1.29 is 8.78 Å². The first-order chi connectivity index (χ1) is 6.65. The highest BCUT2D eigenvalue weighted by Crippen LogP contribution is 2.14. The Balaban J connectivity index is 2.51. The summed E-state index contributed by atoms with van der Waals surface area (Å²) in [5.74, 6) is -1.24. The molecule has 2 nitrogen and oxygen atoms in total. The molecule has 0 aliphatic rings. The Kier molecular flexibility index (Phi) is 2.33. The molecular formula is C9H5BrF2N2.